The Bertz CT molecular complexity index is 492. The lowest BCUT2D eigenvalue weighted by molar-refractivity contribution is -0.133. The van der Waals surface area contributed by atoms with Gasteiger partial charge in [-0.1, -0.05) is 24.3 Å². The second-order valence-corrected chi connectivity index (χ2v) is 7.20. The minimum atomic E-state index is 0.00890. The van der Waals surface area contributed by atoms with Gasteiger partial charge in [-0.3, -0.25) is 4.79 Å². The van der Waals surface area contributed by atoms with Crippen molar-refractivity contribution >= 4 is 17.5 Å². The smallest absolute Gasteiger partial charge is 0.140 e. The summed E-state index contributed by atoms with van der Waals surface area (Å²) in [6.45, 7) is 2.84. The number of benzene rings is 1. The fourth-order valence-corrected chi connectivity index (χ4v) is 4.68. The maximum Gasteiger partial charge on any atom is 0.140 e. The largest absolute Gasteiger partial charge is 0.374 e. The molecule has 2 fully saturated rings. The molecule has 3 rings (SSSR count). The topological polar surface area (TPSA) is 26.3 Å². The molecule has 2 heterocycles. The second kappa shape index (κ2) is 5.90. The molecule has 1 spiro atoms. The Balaban J connectivity index is 1.66. The molecule has 2 saturated heterocycles. The van der Waals surface area contributed by atoms with E-state index in [2.05, 4.69) is 19.1 Å². The van der Waals surface area contributed by atoms with Gasteiger partial charge in [-0.25, -0.2) is 0 Å². The monoisotopic (exact) mass is 290 g/mol. The Kier molecular flexibility index (Phi) is 4.18. The van der Waals surface area contributed by atoms with Gasteiger partial charge in [-0.15, -0.1) is 0 Å². The standard InChI is InChI=1S/C17H22O2S/c1-13-4-2-3-5-14(13)10-16(18)15-6-8-19-17(11-15)7-9-20-12-17/h2-5,15H,6-12H2,1H3. The first-order valence-corrected chi connectivity index (χ1v) is 8.63. The van der Waals surface area contributed by atoms with E-state index < -0.39 is 0 Å². The lowest BCUT2D eigenvalue weighted by Gasteiger charge is -2.37. The zero-order valence-electron chi connectivity index (χ0n) is 12.1. The molecule has 2 unspecified atom stereocenters. The molecule has 1 aromatic rings. The summed E-state index contributed by atoms with van der Waals surface area (Å²) in [4.78, 5) is 12.6. The first-order chi connectivity index (χ1) is 9.69. The lowest BCUT2D eigenvalue weighted by atomic mass is 9.81. The predicted octanol–water partition coefficient (Wildman–Crippen LogP) is 3.41. The Morgan fingerprint density at radius 2 is 2.30 bits per heavy atom. The van der Waals surface area contributed by atoms with Crippen molar-refractivity contribution in [3.63, 3.8) is 0 Å². The quantitative estimate of drug-likeness (QED) is 0.853. The molecule has 0 saturated carbocycles. The molecule has 0 aromatic heterocycles. The summed E-state index contributed by atoms with van der Waals surface area (Å²) < 4.78 is 6.01. The van der Waals surface area contributed by atoms with Crippen LogP contribution < -0.4 is 0 Å². The van der Waals surface area contributed by atoms with Crippen molar-refractivity contribution < 1.29 is 9.53 Å². The zero-order valence-corrected chi connectivity index (χ0v) is 12.9. The summed E-state index contributed by atoms with van der Waals surface area (Å²) in [5.74, 6) is 2.85. The molecule has 2 aliphatic rings. The molecule has 0 radical (unpaired) electrons. The van der Waals surface area contributed by atoms with Gasteiger partial charge in [0.1, 0.15) is 5.78 Å². The van der Waals surface area contributed by atoms with Gasteiger partial charge >= 0.3 is 0 Å². The number of carbonyl (C=O) groups is 1. The van der Waals surface area contributed by atoms with E-state index in [1.54, 1.807) is 0 Å². The van der Waals surface area contributed by atoms with Gasteiger partial charge in [0.25, 0.3) is 0 Å². The summed E-state index contributed by atoms with van der Waals surface area (Å²) in [7, 11) is 0. The minimum absolute atomic E-state index is 0.00890. The fourth-order valence-electron chi connectivity index (χ4n) is 3.31. The number of ether oxygens (including phenoxy) is 1. The molecule has 20 heavy (non-hydrogen) atoms. The molecule has 1 aromatic carbocycles. The Morgan fingerprint density at radius 1 is 1.45 bits per heavy atom. The van der Waals surface area contributed by atoms with Crippen LogP contribution >= 0.6 is 11.8 Å². The highest BCUT2D eigenvalue weighted by Crippen LogP contribution is 2.40. The third-order valence-corrected chi connectivity index (χ3v) is 5.86. The van der Waals surface area contributed by atoms with Crippen molar-refractivity contribution in [1.82, 2.24) is 0 Å². The van der Waals surface area contributed by atoms with E-state index in [1.165, 1.54) is 16.9 Å². The molecule has 0 amide bonds. The summed E-state index contributed by atoms with van der Waals surface area (Å²) in [5, 5.41) is 0. The van der Waals surface area contributed by atoms with Crippen molar-refractivity contribution in [2.45, 2.75) is 38.2 Å². The number of rotatable bonds is 3. The molecule has 0 bridgehead atoms. The van der Waals surface area contributed by atoms with Gasteiger partial charge in [-0.2, -0.15) is 11.8 Å². The van der Waals surface area contributed by atoms with Crippen LogP contribution in [0.15, 0.2) is 24.3 Å². The van der Waals surface area contributed by atoms with Crippen LogP contribution in [0.5, 0.6) is 0 Å². The number of thioether (sulfide) groups is 1. The number of carbonyl (C=O) groups excluding carboxylic acids is 1. The second-order valence-electron chi connectivity index (χ2n) is 6.09. The Morgan fingerprint density at radius 3 is 3.05 bits per heavy atom. The molecular formula is C17H22O2S. The summed E-state index contributed by atoms with van der Waals surface area (Å²) >= 11 is 1.96. The van der Waals surface area contributed by atoms with Gasteiger partial charge in [0.05, 0.1) is 5.60 Å². The van der Waals surface area contributed by atoms with E-state index in [0.29, 0.717) is 12.2 Å². The van der Waals surface area contributed by atoms with Crippen LogP contribution in [-0.2, 0) is 16.0 Å². The number of Topliss-reactive ketones (excluding diaryl/α,β-unsaturated/α-hetero) is 1. The maximum atomic E-state index is 12.6. The highest BCUT2D eigenvalue weighted by molar-refractivity contribution is 7.99. The SMILES string of the molecule is Cc1ccccc1CC(=O)C1CCOC2(CCSC2)C1. The first-order valence-electron chi connectivity index (χ1n) is 7.47. The molecule has 2 atom stereocenters. The predicted molar refractivity (Wildman–Crippen MR) is 83.2 cm³/mol. The highest BCUT2D eigenvalue weighted by atomic mass is 32.2. The van der Waals surface area contributed by atoms with Gasteiger partial charge in [-0.05, 0) is 43.1 Å². The Labute approximate surface area is 125 Å². The van der Waals surface area contributed by atoms with Crippen molar-refractivity contribution in [2.75, 3.05) is 18.1 Å². The van der Waals surface area contributed by atoms with Crippen molar-refractivity contribution in [2.24, 2.45) is 5.92 Å². The van der Waals surface area contributed by atoms with Crippen LogP contribution in [0.2, 0.25) is 0 Å². The first kappa shape index (κ1) is 14.2. The van der Waals surface area contributed by atoms with Crippen LogP contribution in [0.4, 0.5) is 0 Å². The summed E-state index contributed by atoms with van der Waals surface area (Å²) in [5.41, 5.74) is 2.41. The van der Waals surface area contributed by atoms with E-state index in [9.17, 15) is 4.79 Å². The molecule has 2 nitrogen and oxygen atoms in total. The molecule has 2 aliphatic heterocycles. The molecule has 0 N–H and O–H groups in total. The van der Waals surface area contributed by atoms with Crippen LogP contribution in [-0.4, -0.2) is 29.5 Å². The van der Waals surface area contributed by atoms with Crippen LogP contribution in [0.25, 0.3) is 0 Å². The van der Waals surface area contributed by atoms with Crippen LogP contribution in [0, 0.1) is 12.8 Å². The number of hydrogen-bond donors (Lipinski definition) is 0. The van der Waals surface area contributed by atoms with E-state index in [0.717, 1.165) is 31.6 Å². The van der Waals surface area contributed by atoms with Gasteiger partial charge in [0, 0.05) is 24.7 Å². The average molecular weight is 290 g/mol. The maximum absolute atomic E-state index is 12.6. The highest BCUT2D eigenvalue weighted by Gasteiger charge is 2.42. The number of hydrogen-bond acceptors (Lipinski definition) is 3. The van der Waals surface area contributed by atoms with Crippen LogP contribution in [0.1, 0.15) is 30.4 Å². The number of aryl methyl sites for hydroxylation is 1. The van der Waals surface area contributed by atoms with E-state index >= 15 is 0 Å². The summed E-state index contributed by atoms with van der Waals surface area (Å²) in [6, 6.07) is 8.21. The molecule has 3 heteroatoms. The van der Waals surface area contributed by atoms with Crippen molar-refractivity contribution in [3.05, 3.63) is 35.4 Å². The minimum Gasteiger partial charge on any atom is -0.374 e. The van der Waals surface area contributed by atoms with Crippen molar-refractivity contribution in [3.8, 4) is 0 Å². The van der Waals surface area contributed by atoms with E-state index in [-0.39, 0.29) is 11.5 Å². The molecule has 0 aliphatic carbocycles. The van der Waals surface area contributed by atoms with Gasteiger partial charge in [0.15, 0.2) is 0 Å². The van der Waals surface area contributed by atoms with Gasteiger partial charge in [0.2, 0.25) is 0 Å². The average Bonchev–Trinajstić information content (AvgIpc) is 2.89. The van der Waals surface area contributed by atoms with E-state index in [4.69, 9.17) is 4.74 Å². The number of ketones is 1. The normalized spacial score (nSPS) is 29.8. The van der Waals surface area contributed by atoms with E-state index in [1.807, 2.05) is 23.9 Å². The zero-order chi connectivity index (χ0) is 14.0. The summed E-state index contributed by atoms with van der Waals surface area (Å²) in [6.07, 6.45) is 3.54. The van der Waals surface area contributed by atoms with Gasteiger partial charge < -0.3 is 4.74 Å². The lowest BCUT2D eigenvalue weighted by Crippen LogP contribution is -2.42. The molecular weight excluding hydrogens is 268 g/mol. The fraction of sp³-hybridized carbons (Fsp3) is 0.588. The van der Waals surface area contributed by atoms with Crippen LogP contribution in [0.3, 0.4) is 0 Å². The van der Waals surface area contributed by atoms with Crippen molar-refractivity contribution in [1.29, 1.82) is 0 Å². The third-order valence-electron chi connectivity index (χ3n) is 4.64. The Hall–Kier alpha value is -0.800. The molecule has 108 valence electrons. The third kappa shape index (κ3) is 2.94.